The van der Waals surface area contributed by atoms with E-state index in [1.165, 1.54) is 11.1 Å². The van der Waals surface area contributed by atoms with Gasteiger partial charge in [-0.1, -0.05) is 12.1 Å². The van der Waals surface area contributed by atoms with E-state index in [9.17, 15) is 14.4 Å². The number of ketones is 1. The van der Waals surface area contributed by atoms with Gasteiger partial charge in [-0.2, -0.15) is 0 Å². The van der Waals surface area contributed by atoms with E-state index >= 15 is 0 Å². The third-order valence-corrected chi connectivity index (χ3v) is 5.38. The summed E-state index contributed by atoms with van der Waals surface area (Å²) in [5.41, 5.74) is 4.68. The number of nitrogens with one attached hydrogen (secondary N) is 2. The minimum absolute atomic E-state index is 0.00277. The first-order valence-electron chi connectivity index (χ1n) is 9.94. The molecule has 5 nitrogen and oxygen atoms in total. The molecule has 0 unspecified atom stereocenters. The molecule has 4 rings (SSSR count). The van der Waals surface area contributed by atoms with Gasteiger partial charge in [0.1, 0.15) is 0 Å². The van der Waals surface area contributed by atoms with Crippen LogP contribution in [0.4, 0.5) is 11.4 Å². The minimum Gasteiger partial charge on any atom is -0.326 e. The van der Waals surface area contributed by atoms with Crippen LogP contribution in [0.5, 0.6) is 0 Å². The highest BCUT2D eigenvalue weighted by Crippen LogP contribution is 2.30. The number of aryl methyl sites for hydroxylation is 2. The maximum Gasteiger partial charge on any atom is 0.227 e. The number of fused-ring (bicyclic) bond motifs is 1. The fourth-order valence-corrected chi connectivity index (χ4v) is 3.57. The Labute approximate surface area is 164 Å². The molecular weight excluding hydrogens is 352 g/mol. The van der Waals surface area contributed by atoms with Crippen LogP contribution in [0.1, 0.15) is 53.6 Å². The van der Waals surface area contributed by atoms with Crippen molar-refractivity contribution in [2.24, 2.45) is 5.92 Å². The van der Waals surface area contributed by atoms with Gasteiger partial charge in [0.25, 0.3) is 0 Å². The Morgan fingerprint density at radius 1 is 0.821 bits per heavy atom. The Hall–Kier alpha value is -2.95. The molecule has 0 spiro atoms. The van der Waals surface area contributed by atoms with Crippen LogP contribution >= 0.6 is 0 Å². The molecule has 0 aromatic heterocycles. The highest BCUT2D eigenvalue weighted by Gasteiger charge is 2.29. The fraction of sp³-hybridized carbons (Fsp3) is 0.348. The smallest absolute Gasteiger partial charge is 0.227 e. The SMILES string of the molecule is O=C(CCC(=O)c1ccc2c(c1)CCC2)Nc1ccc(NC(=O)C2CC2)cc1. The third kappa shape index (κ3) is 4.47. The number of hydrogen-bond donors (Lipinski definition) is 2. The number of benzene rings is 2. The lowest BCUT2D eigenvalue weighted by Crippen LogP contribution is -2.14. The predicted molar refractivity (Wildman–Crippen MR) is 108 cm³/mol. The predicted octanol–water partition coefficient (Wildman–Crippen LogP) is 4.13. The van der Waals surface area contributed by atoms with Crippen molar-refractivity contribution in [3.05, 3.63) is 59.2 Å². The molecule has 2 aromatic carbocycles. The zero-order chi connectivity index (χ0) is 19.5. The molecule has 28 heavy (non-hydrogen) atoms. The lowest BCUT2D eigenvalue weighted by Gasteiger charge is -2.08. The van der Waals surface area contributed by atoms with Crippen molar-refractivity contribution in [3.8, 4) is 0 Å². The summed E-state index contributed by atoms with van der Waals surface area (Å²) in [6, 6.07) is 12.9. The van der Waals surface area contributed by atoms with E-state index in [4.69, 9.17) is 0 Å². The summed E-state index contributed by atoms with van der Waals surface area (Å²) in [6.07, 6.45) is 5.55. The van der Waals surface area contributed by atoms with E-state index < -0.39 is 0 Å². The molecule has 5 heteroatoms. The summed E-state index contributed by atoms with van der Waals surface area (Å²) < 4.78 is 0. The second-order valence-electron chi connectivity index (χ2n) is 7.65. The molecule has 0 radical (unpaired) electrons. The molecule has 1 fully saturated rings. The summed E-state index contributed by atoms with van der Waals surface area (Å²) >= 11 is 0. The van der Waals surface area contributed by atoms with Crippen LogP contribution in [0.2, 0.25) is 0 Å². The third-order valence-electron chi connectivity index (χ3n) is 5.38. The summed E-state index contributed by atoms with van der Waals surface area (Å²) in [4.78, 5) is 36.3. The van der Waals surface area contributed by atoms with Crippen LogP contribution in [-0.2, 0) is 22.4 Å². The fourth-order valence-electron chi connectivity index (χ4n) is 3.57. The Morgan fingerprint density at radius 3 is 2.21 bits per heavy atom. The molecule has 2 aliphatic rings. The molecule has 2 aliphatic carbocycles. The maximum absolute atomic E-state index is 12.4. The number of carbonyl (C=O) groups excluding carboxylic acids is 3. The Morgan fingerprint density at radius 2 is 1.50 bits per heavy atom. The first-order valence-corrected chi connectivity index (χ1v) is 9.94. The number of rotatable bonds is 7. The van der Waals surface area contributed by atoms with Crippen LogP contribution in [0.25, 0.3) is 0 Å². The number of Topliss-reactive ketones (excluding diaryl/α,β-unsaturated/α-hetero) is 1. The van der Waals surface area contributed by atoms with Crippen molar-refractivity contribution < 1.29 is 14.4 Å². The van der Waals surface area contributed by atoms with Crippen LogP contribution in [-0.4, -0.2) is 17.6 Å². The van der Waals surface area contributed by atoms with Gasteiger partial charge >= 0.3 is 0 Å². The molecule has 0 saturated heterocycles. The Balaban J connectivity index is 1.26. The number of anilines is 2. The highest BCUT2D eigenvalue weighted by atomic mass is 16.2. The van der Waals surface area contributed by atoms with Crippen molar-refractivity contribution in [3.63, 3.8) is 0 Å². The first kappa shape index (κ1) is 18.4. The first-order chi connectivity index (χ1) is 13.6. The topological polar surface area (TPSA) is 75.3 Å². The van der Waals surface area contributed by atoms with Gasteiger partial charge in [0.2, 0.25) is 11.8 Å². The molecule has 2 N–H and O–H groups in total. The second kappa shape index (κ2) is 7.97. The normalized spacial score (nSPS) is 15.0. The van der Waals surface area contributed by atoms with Crippen molar-refractivity contribution >= 4 is 29.0 Å². The van der Waals surface area contributed by atoms with Crippen molar-refractivity contribution in [2.75, 3.05) is 10.6 Å². The van der Waals surface area contributed by atoms with Crippen LogP contribution in [0.15, 0.2) is 42.5 Å². The average molecular weight is 376 g/mol. The molecule has 0 atom stereocenters. The minimum atomic E-state index is -0.190. The molecule has 2 aromatic rings. The highest BCUT2D eigenvalue weighted by molar-refractivity contribution is 6.00. The monoisotopic (exact) mass is 376 g/mol. The number of hydrogen-bond acceptors (Lipinski definition) is 3. The van der Waals surface area contributed by atoms with Crippen molar-refractivity contribution in [2.45, 2.75) is 44.9 Å². The standard InChI is InChI=1S/C23H24N2O3/c26-21(18-7-4-15-2-1-3-17(15)14-18)12-13-22(27)24-19-8-10-20(11-9-19)25-23(28)16-5-6-16/h4,7-11,14,16H,1-3,5-6,12-13H2,(H,24,27)(H,25,28). The quantitative estimate of drug-likeness (QED) is 0.714. The average Bonchev–Trinajstić information content (AvgIpc) is 3.45. The van der Waals surface area contributed by atoms with Gasteiger partial charge in [0.15, 0.2) is 5.78 Å². The van der Waals surface area contributed by atoms with E-state index in [1.807, 2.05) is 18.2 Å². The van der Waals surface area contributed by atoms with Gasteiger partial charge in [0.05, 0.1) is 0 Å². The maximum atomic E-state index is 12.4. The lowest BCUT2D eigenvalue weighted by atomic mass is 10.0. The van der Waals surface area contributed by atoms with E-state index in [1.54, 1.807) is 24.3 Å². The van der Waals surface area contributed by atoms with Gasteiger partial charge in [-0.3, -0.25) is 14.4 Å². The van der Waals surface area contributed by atoms with Gasteiger partial charge in [0, 0.05) is 35.7 Å². The summed E-state index contributed by atoms with van der Waals surface area (Å²) in [5, 5.41) is 5.67. The Bertz CT molecular complexity index is 914. The molecule has 1 saturated carbocycles. The van der Waals surface area contributed by atoms with Crippen LogP contribution in [0, 0.1) is 5.92 Å². The summed E-state index contributed by atoms with van der Waals surface area (Å²) in [5.74, 6) is 0.0247. The summed E-state index contributed by atoms with van der Waals surface area (Å²) in [7, 11) is 0. The number of amides is 2. The van der Waals surface area contributed by atoms with Crippen LogP contribution in [0.3, 0.4) is 0 Å². The molecule has 144 valence electrons. The van der Waals surface area contributed by atoms with Gasteiger partial charge in [-0.05, 0) is 73.6 Å². The molecule has 2 amide bonds. The zero-order valence-electron chi connectivity index (χ0n) is 15.8. The van der Waals surface area contributed by atoms with Gasteiger partial charge < -0.3 is 10.6 Å². The van der Waals surface area contributed by atoms with Crippen molar-refractivity contribution in [1.29, 1.82) is 0 Å². The van der Waals surface area contributed by atoms with Gasteiger partial charge in [-0.25, -0.2) is 0 Å². The lowest BCUT2D eigenvalue weighted by molar-refractivity contribution is -0.117. The zero-order valence-corrected chi connectivity index (χ0v) is 15.8. The number of carbonyl (C=O) groups is 3. The van der Waals surface area contributed by atoms with E-state index in [2.05, 4.69) is 10.6 Å². The second-order valence-corrected chi connectivity index (χ2v) is 7.65. The van der Waals surface area contributed by atoms with Gasteiger partial charge in [-0.15, -0.1) is 0 Å². The van der Waals surface area contributed by atoms with Crippen molar-refractivity contribution in [1.82, 2.24) is 0 Å². The summed E-state index contributed by atoms with van der Waals surface area (Å²) in [6.45, 7) is 0. The molecule has 0 aliphatic heterocycles. The molecular formula is C23H24N2O3. The largest absolute Gasteiger partial charge is 0.326 e. The van der Waals surface area contributed by atoms with E-state index in [0.717, 1.165) is 37.8 Å². The molecule has 0 heterocycles. The van der Waals surface area contributed by atoms with Crippen LogP contribution < -0.4 is 10.6 Å². The van der Waals surface area contributed by atoms with E-state index in [0.29, 0.717) is 11.3 Å². The van der Waals surface area contributed by atoms with E-state index in [-0.39, 0.29) is 36.4 Å². The Kier molecular flexibility index (Phi) is 5.24. The molecule has 0 bridgehead atoms.